The lowest BCUT2D eigenvalue weighted by Crippen LogP contribution is -2.38. The Morgan fingerprint density at radius 1 is 0.837 bits per heavy atom. The van der Waals surface area contributed by atoms with Crippen molar-refractivity contribution in [3.05, 3.63) is 48.6 Å². The van der Waals surface area contributed by atoms with Gasteiger partial charge in [-0.3, -0.25) is 14.4 Å². The van der Waals surface area contributed by atoms with Gasteiger partial charge in [-0.2, -0.15) is 0 Å². The number of carbonyl (C=O) groups excluding carboxylic acids is 2. The molecule has 0 aliphatic rings. The molecule has 0 heterocycles. The number of carboxylic acid groups (broad SMARTS) is 1. The molecule has 9 nitrogen and oxygen atoms in total. The molecule has 49 heavy (non-hydrogen) atoms. The largest absolute Gasteiger partial charge is 0.481 e. The molecule has 0 fully saturated rings. The molecule has 0 bridgehead atoms. The van der Waals surface area contributed by atoms with E-state index in [1.807, 2.05) is 24.3 Å². The number of ether oxygens (including phenoxy) is 2. The van der Waals surface area contributed by atoms with Gasteiger partial charge in [0.15, 0.2) is 6.10 Å². The van der Waals surface area contributed by atoms with Crippen molar-refractivity contribution < 1.29 is 39.2 Å². The highest BCUT2D eigenvalue weighted by Gasteiger charge is 2.23. The quantitative estimate of drug-likeness (QED) is 0.0235. The van der Waals surface area contributed by atoms with E-state index in [0.29, 0.717) is 12.8 Å². The van der Waals surface area contributed by atoms with E-state index in [0.717, 1.165) is 38.0 Å². The molecule has 0 aliphatic carbocycles. The van der Waals surface area contributed by atoms with Crippen LogP contribution in [0.3, 0.4) is 0 Å². The first kappa shape index (κ1) is 46.6. The summed E-state index contributed by atoms with van der Waals surface area (Å²) < 4.78 is 10.5. The number of nitrogens with two attached hydrogens (primary N) is 1. The lowest BCUT2D eigenvalue weighted by molar-refractivity contribution is -0.161. The Morgan fingerprint density at radius 3 is 2.24 bits per heavy atom. The second-order valence-corrected chi connectivity index (χ2v) is 14.0. The minimum atomic E-state index is -1.01. The molecular weight excluding hydrogens is 642 g/mol. The van der Waals surface area contributed by atoms with Crippen LogP contribution in [-0.2, 0) is 23.9 Å². The number of aliphatic hydroxyl groups is 2. The third-order valence-corrected chi connectivity index (χ3v) is 9.57. The monoisotopic (exact) mass is 709 g/mol. The Labute approximate surface area is 300 Å². The fourth-order valence-corrected chi connectivity index (χ4v) is 5.92. The predicted molar refractivity (Wildman–Crippen MR) is 201 cm³/mol. The van der Waals surface area contributed by atoms with Crippen molar-refractivity contribution in [2.24, 2.45) is 11.7 Å². The van der Waals surface area contributed by atoms with E-state index < -0.39 is 48.0 Å². The minimum Gasteiger partial charge on any atom is -0.481 e. The van der Waals surface area contributed by atoms with Crippen LogP contribution in [0.25, 0.3) is 0 Å². The number of hydrogen-bond acceptors (Lipinski definition) is 9. The van der Waals surface area contributed by atoms with Crippen LogP contribution >= 0.6 is 11.8 Å². The molecule has 0 saturated carbocycles. The molecule has 0 aromatic heterocycles. The summed E-state index contributed by atoms with van der Waals surface area (Å²) in [5.41, 5.74) is 6.07. The minimum absolute atomic E-state index is 0.0447. The van der Waals surface area contributed by atoms with Gasteiger partial charge in [0.1, 0.15) is 12.6 Å². The molecule has 0 spiro atoms. The summed E-state index contributed by atoms with van der Waals surface area (Å²) >= 11 is 1.27. The van der Waals surface area contributed by atoms with Crippen LogP contribution < -0.4 is 5.73 Å². The van der Waals surface area contributed by atoms with E-state index in [9.17, 15) is 24.6 Å². The van der Waals surface area contributed by atoms with Gasteiger partial charge in [0, 0.05) is 23.8 Å². The van der Waals surface area contributed by atoms with Crippen molar-refractivity contribution in [1.82, 2.24) is 0 Å². The topological polar surface area (TPSA) is 156 Å². The summed E-state index contributed by atoms with van der Waals surface area (Å²) in [4.78, 5) is 35.7. The average molecular weight is 710 g/mol. The molecule has 0 saturated heterocycles. The number of esters is 2. The summed E-state index contributed by atoms with van der Waals surface area (Å²) in [5, 5.41) is 28.9. The molecule has 10 heteroatoms. The Balaban J connectivity index is 4.67. The molecule has 0 aliphatic heterocycles. The highest BCUT2D eigenvalue weighted by Crippen LogP contribution is 2.22. The second-order valence-electron chi connectivity index (χ2n) is 12.8. The molecule has 0 amide bonds. The van der Waals surface area contributed by atoms with Crippen LogP contribution in [0, 0.1) is 5.92 Å². The first-order chi connectivity index (χ1) is 23.6. The number of unbranched alkanes of at least 4 members (excludes halogenated alkanes) is 8. The number of thioether (sulfide) groups is 1. The van der Waals surface area contributed by atoms with Crippen LogP contribution in [0.15, 0.2) is 48.6 Å². The Bertz CT molecular complexity index is 967. The smallest absolute Gasteiger partial charge is 0.323 e. The number of aliphatic hydroxyl groups excluding tert-OH is 2. The molecular formula is C39H67NO8S. The third kappa shape index (κ3) is 29.1. The lowest BCUT2D eigenvalue weighted by Gasteiger charge is -2.21. The summed E-state index contributed by atoms with van der Waals surface area (Å²) in [6, 6.07) is -1.01. The highest BCUT2D eigenvalue weighted by atomic mass is 32.2. The Hall–Kier alpha value is -2.40. The van der Waals surface area contributed by atoms with Gasteiger partial charge < -0.3 is 30.5 Å². The van der Waals surface area contributed by atoms with Crippen molar-refractivity contribution in [2.75, 3.05) is 19.0 Å². The number of hydrogen-bond donors (Lipinski definition) is 4. The van der Waals surface area contributed by atoms with Crippen molar-refractivity contribution in [1.29, 1.82) is 0 Å². The van der Waals surface area contributed by atoms with Gasteiger partial charge in [-0.25, -0.2) is 0 Å². The van der Waals surface area contributed by atoms with E-state index >= 15 is 0 Å². The first-order valence-electron chi connectivity index (χ1n) is 18.5. The summed E-state index contributed by atoms with van der Waals surface area (Å²) in [5.74, 6) is -1.14. The van der Waals surface area contributed by atoms with E-state index in [-0.39, 0.29) is 31.6 Å². The van der Waals surface area contributed by atoms with Gasteiger partial charge in [0.25, 0.3) is 0 Å². The fraction of sp³-hybridized carbons (Fsp3) is 0.718. The molecule has 282 valence electrons. The molecule has 0 rings (SSSR count). The normalized spacial score (nSPS) is 15.2. The predicted octanol–water partition coefficient (Wildman–Crippen LogP) is 7.84. The van der Waals surface area contributed by atoms with Gasteiger partial charge in [0.2, 0.25) is 0 Å². The SMILES string of the molecule is CCCCC/C=C\C\C=C/C=C/C=C/[C@@H](SC[C@H](N)C(=O)OC[C@H](CO)OC(=O)CCCCCCCCC(C)CC)[C@@H](O)CCCC(=O)O. The zero-order valence-electron chi connectivity index (χ0n) is 30.5. The van der Waals surface area contributed by atoms with Crippen LogP contribution in [0.2, 0.25) is 0 Å². The zero-order chi connectivity index (χ0) is 36.5. The number of carboxylic acids is 1. The van der Waals surface area contributed by atoms with Gasteiger partial charge in [-0.1, -0.05) is 127 Å². The van der Waals surface area contributed by atoms with Gasteiger partial charge >= 0.3 is 17.9 Å². The number of rotatable bonds is 32. The molecule has 5 atom stereocenters. The van der Waals surface area contributed by atoms with Gasteiger partial charge in [0.05, 0.1) is 12.7 Å². The fourth-order valence-electron chi connectivity index (χ4n) is 4.79. The summed E-state index contributed by atoms with van der Waals surface area (Å²) in [7, 11) is 0. The maximum atomic E-state index is 12.6. The van der Waals surface area contributed by atoms with Crippen molar-refractivity contribution in [2.45, 2.75) is 153 Å². The maximum Gasteiger partial charge on any atom is 0.323 e. The Morgan fingerprint density at radius 2 is 1.55 bits per heavy atom. The van der Waals surface area contributed by atoms with E-state index in [4.69, 9.17) is 20.3 Å². The van der Waals surface area contributed by atoms with Crippen molar-refractivity contribution >= 4 is 29.7 Å². The molecule has 0 aromatic carbocycles. The summed E-state index contributed by atoms with van der Waals surface area (Å²) in [6.07, 6.45) is 29.2. The van der Waals surface area contributed by atoms with Gasteiger partial charge in [-0.15, -0.1) is 11.8 Å². The van der Waals surface area contributed by atoms with Crippen LogP contribution in [0.5, 0.6) is 0 Å². The molecule has 5 N–H and O–H groups in total. The van der Waals surface area contributed by atoms with E-state index in [1.165, 1.54) is 56.7 Å². The van der Waals surface area contributed by atoms with Crippen LogP contribution in [-0.4, -0.2) is 75.7 Å². The lowest BCUT2D eigenvalue weighted by atomic mass is 10.00. The van der Waals surface area contributed by atoms with Gasteiger partial charge in [-0.05, 0) is 44.4 Å². The summed E-state index contributed by atoms with van der Waals surface area (Å²) in [6.45, 7) is 5.92. The van der Waals surface area contributed by atoms with Crippen LogP contribution in [0.4, 0.5) is 0 Å². The Kier molecular flexibility index (Phi) is 31.2. The molecule has 0 aromatic rings. The number of allylic oxidation sites excluding steroid dienone is 7. The maximum absolute atomic E-state index is 12.6. The average Bonchev–Trinajstić information content (AvgIpc) is 3.08. The highest BCUT2D eigenvalue weighted by molar-refractivity contribution is 8.00. The van der Waals surface area contributed by atoms with Crippen LogP contribution in [0.1, 0.15) is 130 Å². The van der Waals surface area contributed by atoms with E-state index in [1.54, 1.807) is 6.08 Å². The number of carbonyl (C=O) groups is 3. The van der Waals surface area contributed by atoms with E-state index in [2.05, 4.69) is 39.0 Å². The standard InChI is InChI=1S/C39H67NO8S/c1-4-6-7-8-9-10-11-12-13-14-18-21-26-36(35(42)25-23-27-37(43)44)49-31-34(40)39(46)47-30-33(29-41)48-38(45)28-22-19-16-15-17-20-24-32(3)5-2/h9-10,12-14,18,21,26,32-36,41-42H,4-8,11,15-17,19-20,22-25,27-31,40H2,1-3H3,(H,43,44)/b10-9-,13-12-,18-14+,26-21+/t32?,33-,34-,35-,36+/m0/s1. The second kappa shape index (κ2) is 32.8. The molecule has 0 radical (unpaired) electrons. The van der Waals surface area contributed by atoms with Crippen molar-refractivity contribution in [3.8, 4) is 0 Å². The number of aliphatic carboxylic acids is 1. The molecule has 1 unspecified atom stereocenters. The zero-order valence-corrected chi connectivity index (χ0v) is 31.3. The third-order valence-electron chi connectivity index (χ3n) is 8.16. The first-order valence-corrected chi connectivity index (χ1v) is 19.6. The van der Waals surface area contributed by atoms with Crippen molar-refractivity contribution in [3.63, 3.8) is 0 Å².